The molecule has 3 heterocycles. The smallest absolute Gasteiger partial charge is 0.509 e. The standard InChI is InChI=1S/C42H40N4O.Pt/c1-9-34-27(5)26(4)28(6)35(10-2)42(34)41-29(7)44-46(30(41)8)31-14-13-15-32(23-31)47-33-18-19-37-36-16-11-12-17-38(36)45(39(37)24-33)40-22-25(3)20-21-43-40;/h11-22H,9-10H2,1-8H3;/q-2;+2. The Morgan fingerprint density at radius 3 is 2.12 bits per heavy atom. The summed E-state index contributed by atoms with van der Waals surface area (Å²) in [4.78, 5) is 4.70. The zero-order chi connectivity index (χ0) is 33.0. The molecule has 3 aromatic heterocycles. The average molecular weight is 812 g/mol. The van der Waals surface area contributed by atoms with E-state index in [2.05, 4.69) is 108 Å². The third-order valence-corrected chi connectivity index (χ3v) is 9.77. The summed E-state index contributed by atoms with van der Waals surface area (Å²) < 4.78 is 10.6. The van der Waals surface area contributed by atoms with Gasteiger partial charge < -0.3 is 9.30 Å². The Hall–Kier alpha value is -4.47. The summed E-state index contributed by atoms with van der Waals surface area (Å²) in [7, 11) is 0. The number of ether oxygens (including phenoxy) is 1. The van der Waals surface area contributed by atoms with E-state index in [0.717, 1.165) is 63.1 Å². The van der Waals surface area contributed by atoms with Crippen molar-refractivity contribution in [2.45, 2.75) is 68.2 Å². The second-order valence-electron chi connectivity index (χ2n) is 12.5. The molecular weight excluding hydrogens is 772 g/mol. The van der Waals surface area contributed by atoms with E-state index in [-0.39, 0.29) is 21.1 Å². The van der Waals surface area contributed by atoms with Crippen molar-refractivity contribution in [3.63, 3.8) is 0 Å². The van der Waals surface area contributed by atoms with Crippen LogP contribution in [-0.2, 0) is 33.9 Å². The number of para-hydroxylation sites is 1. The molecule has 6 heteroatoms. The number of rotatable bonds is 7. The van der Waals surface area contributed by atoms with E-state index in [1.165, 1.54) is 38.9 Å². The predicted molar refractivity (Wildman–Crippen MR) is 192 cm³/mol. The van der Waals surface area contributed by atoms with Crippen molar-refractivity contribution in [3.05, 3.63) is 130 Å². The molecule has 48 heavy (non-hydrogen) atoms. The van der Waals surface area contributed by atoms with Gasteiger partial charge in [0.15, 0.2) is 0 Å². The van der Waals surface area contributed by atoms with Gasteiger partial charge in [0.2, 0.25) is 0 Å². The normalized spacial score (nSPS) is 11.3. The molecule has 0 saturated carbocycles. The first-order chi connectivity index (χ1) is 22.7. The molecule has 244 valence electrons. The van der Waals surface area contributed by atoms with Crippen molar-refractivity contribution in [2.75, 3.05) is 0 Å². The summed E-state index contributed by atoms with van der Waals surface area (Å²) in [5, 5.41) is 7.32. The van der Waals surface area contributed by atoms with E-state index in [4.69, 9.17) is 14.8 Å². The fraction of sp³-hybridized carbons (Fsp3) is 0.238. The quantitative estimate of drug-likeness (QED) is 0.151. The van der Waals surface area contributed by atoms with Crippen molar-refractivity contribution in [2.24, 2.45) is 0 Å². The van der Waals surface area contributed by atoms with E-state index in [9.17, 15) is 0 Å². The first kappa shape index (κ1) is 33.4. The van der Waals surface area contributed by atoms with Gasteiger partial charge in [-0.25, -0.2) is 4.98 Å². The van der Waals surface area contributed by atoms with Gasteiger partial charge in [0.25, 0.3) is 0 Å². The van der Waals surface area contributed by atoms with Crippen LogP contribution in [-0.4, -0.2) is 19.3 Å². The van der Waals surface area contributed by atoms with E-state index in [0.29, 0.717) is 11.5 Å². The Bertz CT molecular complexity index is 2300. The van der Waals surface area contributed by atoms with Crippen molar-refractivity contribution < 1.29 is 25.8 Å². The van der Waals surface area contributed by atoms with Gasteiger partial charge in [-0.1, -0.05) is 37.6 Å². The molecule has 0 amide bonds. The van der Waals surface area contributed by atoms with Gasteiger partial charge in [0.05, 0.1) is 5.69 Å². The van der Waals surface area contributed by atoms with Crippen LogP contribution in [0.3, 0.4) is 0 Å². The average Bonchev–Trinajstić information content (AvgIpc) is 3.56. The molecule has 0 bridgehead atoms. The molecular formula is C42H40N4OPt. The third kappa shape index (κ3) is 5.48. The molecule has 0 radical (unpaired) electrons. The van der Waals surface area contributed by atoms with E-state index < -0.39 is 0 Å². The molecule has 4 aromatic carbocycles. The van der Waals surface area contributed by atoms with Crippen LogP contribution in [0.25, 0.3) is 44.4 Å². The molecule has 5 nitrogen and oxygen atoms in total. The molecule has 0 saturated heterocycles. The minimum absolute atomic E-state index is 0. The molecule has 0 atom stereocenters. The molecule has 0 spiro atoms. The summed E-state index contributed by atoms with van der Waals surface area (Å²) in [6.45, 7) is 17.7. The summed E-state index contributed by atoms with van der Waals surface area (Å²) in [6, 6.07) is 29.6. The molecule has 7 rings (SSSR count). The zero-order valence-electron chi connectivity index (χ0n) is 28.9. The minimum Gasteiger partial charge on any atom is -0.509 e. The van der Waals surface area contributed by atoms with E-state index >= 15 is 0 Å². The molecule has 0 aliphatic heterocycles. The third-order valence-electron chi connectivity index (χ3n) is 9.77. The van der Waals surface area contributed by atoms with Gasteiger partial charge in [-0.2, -0.15) is 17.2 Å². The van der Waals surface area contributed by atoms with Gasteiger partial charge >= 0.3 is 21.1 Å². The van der Waals surface area contributed by atoms with Gasteiger partial charge in [0, 0.05) is 34.5 Å². The molecule has 0 aliphatic carbocycles. The van der Waals surface area contributed by atoms with E-state index in [1.807, 2.05) is 41.2 Å². The van der Waals surface area contributed by atoms with Crippen LogP contribution in [0.4, 0.5) is 0 Å². The van der Waals surface area contributed by atoms with Gasteiger partial charge in [-0.15, -0.1) is 35.7 Å². The van der Waals surface area contributed by atoms with Gasteiger partial charge in [-0.3, -0.25) is 4.68 Å². The summed E-state index contributed by atoms with van der Waals surface area (Å²) in [5.41, 5.74) is 15.7. The molecule has 0 N–H and O–H groups in total. The van der Waals surface area contributed by atoms with Crippen LogP contribution < -0.4 is 4.74 Å². The molecule has 0 fully saturated rings. The fourth-order valence-electron chi connectivity index (χ4n) is 7.27. The Kier molecular flexibility index (Phi) is 9.20. The number of hydrogen-bond acceptors (Lipinski definition) is 3. The first-order valence-electron chi connectivity index (χ1n) is 16.5. The molecule has 0 aliphatic rings. The second-order valence-corrected chi connectivity index (χ2v) is 12.5. The number of benzene rings is 4. The number of fused-ring (bicyclic) bond motifs is 3. The molecule has 7 aromatic rings. The number of aromatic nitrogens is 4. The van der Waals surface area contributed by atoms with Crippen LogP contribution in [0.5, 0.6) is 11.5 Å². The van der Waals surface area contributed by atoms with Crippen molar-refractivity contribution in [1.82, 2.24) is 19.3 Å². The van der Waals surface area contributed by atoms with Crippen LogP contribution in [0.2, 0.25) is 0 Å². The number of pyridine rings is 1. The van der Waals surface area contributed by atoms with Crippen molar-refractivity contribution >= 4 is 21.8 Å². The van der Waals surface area contributed by atoms with Crippen LogP contribution in [0.1, 0.15) is 58.6 Å². The SMILES string of the molecule is CCc1c(C)c(C)c(C)c(CC)c1-c1c(C)nn(-c2[c-]c(Oc3[c-]c4c(cc3)c3ccccc3n4-c3cc(C)ccn3)ccc2)c1C.[Pt+2]. The zero-order valence-corrected chi connectivity index (χ0v) is 31.1. The maximum absolute atomic E-state index is 6.45. The molecule has 0 unspecified atom stereocenters. The number of aryl methyl sites for hydroxylation is 2. The topological polar surface area (TPSA) is 44.9 Å². The fourth-order valence-corrected chi connectivity index (χ4v) is 7.27. The maximum atomic E-state index is 6.45. The summed E-state index contributed by atoms with van der Waals surface area (Å²) in [5.74, 6) is 2.08. The Morgan fingerprint density at radius 1 is 0.708 bits per heavy atom. The Morgan fingerprint density at radius 2 is 1.42 bits per heavy atom. The largest absolute Gasteiger partial charge is 2.00 e. The van der Waals surface area contributed by atoms with Gasteiger partial charge in [-0.05, 0) is 123 Å². The van der Waals surface area contributed by atoms with Crippen LogP contribution in [0, 0.1) is 53.7 Å². The van der Waals surface area contributed by atoms with Crippen LogP contribution in [0.15, 0.2) is 72.9 Å². The van der Waals surface area contributed by atoms with Gasteiger partial charge in [0.1, 0.15) is 5.82 Å². The monoisotopic (exact) mass is 811 g/mol. The first-order valence-corrected chi connectivity index (χ1v) is 16.5. The number of nitrogens with zero attached hydrogens (tertiary/aromatic N) is 4. The predicted octanol–water partition coefficient (Wildman–Crippen LogP) is 10.4. The minimum atomic E-state index is 0. The maximum Gasteiger partial charge on any atom is 2.00 e. The second kappa shape index (κ2) is 13.2. The Balaban J connectivity index is 0.00000401. The van der Waals surface area contributed by atoms with Crippen molar-refractivity contribution in [1.29, 1.82) is 0 Å². The van der Waals surface area contributed by atoms with Crippen molar-refractivity contribution in [3.8, 4) is 34.1 Å². The summed E-state index contributed by atoms with van der Waals surface area (Å²) >= 11 is 0. The number of hydrogen-bond donors (Lipinski definition) is 0. The van der Waals surface area contributed by atoms with Crippen LogP contribution >= 0.6 is 0 Å². The van der Waals surface area contributed by atoms with E-state index in [1.54, 1.807) is 0 Å². The summed E-state index contributed by atoms with van der Waals surface area (Å²) in [6.07, 6.45) is 3.81. The Labute approximate surface area is 297 Å².